The van der Waals surface area contributed by atoms with Crippen LogP contribution in [0.3, 0.4) is 0 Å². The minimum absolute atomic E-state index is 0.0189. The van der Waals surface area contributed by atoms with Gasteiger partial charge in [0.25, 0.3) is 0 Å². The van der Waals surface area contributed by atoms with Gasteiger partial charge < -0.3 is 4.52 Å². The van der Waals surface area contributed by atoms with E-state index in [-0.39, 0.29) is 5.78 Å². The number of carbonyl (C=O) groups is 1. The summed E-state index contributed by atoms with van der Waals surface area (Å²) < 4.78 is 5.22. The van der Waals surface area contributed by atoms with Gasteiger partial charge >= 0.3 is 0 Å². The number of Topliss-reactive ketones (excluding diaryl/α,β-unsaturated/α-hetero) is 1. The Morgan fingerprint density at radius 2 is 2.24 bits per heavy atom. The summed E-state index contributed by atoms with van der Waals surface area (Å²) in [6.07, 6.45) is 5.66. The lowest BCUT2D eigenvalue weighted by atomic mass is 10.1. The third-order valence-electron chi connectivity index (χ3n) is 3.15. The van der Waals surface area contributed by atoms with Crippen LogP contribution in [0.15, 0.2) is 52.6 Å². The van der Waals surface area contributed by atoms with Gasteiger partial charge in [0.1, 0.15) is 5.69 Å². The Kier molecular flexibility index (Phi) is 4.21. The molecule has 5 heteroatoms. The van der Waals surface area contributed by atoms with Gasteiger partial charge in [-0.15, -0.1) is 11.3 Å². The molecule has 4 nitrogen and oxygen atoms in total. The van der Waals surface area contributed by atoms with E-state index in [4.69, 9.17) is 4.52 Å². The Hall–Kier alpha value is -2.27. The molecule has 0 radical (unpaired) electrons. The molecule has 3 aromatic heterocycles. The Morgan fingerprint density at radius 3 is 3.00 bits per heavy atom. The van der Waals surface area contributed by atoms with E-state index in [0.717, 1.165) is 23.3 Å². The number of aromatic nitrogens is 2. The predicted molar refractivity (Wildman–Crippen MR) is 81.3 cm³/mol. The van der Waals surface area contributed by atoms with E-state index in [9.17, 15) is 4.79 Å². The summed E-state index contributed by atoms with van der Waals surface area (Å²) in [5, 5.41) is 5.83. The molecule has 0 aromatic carbocycles. The second-order valence-electron chi connectivity index (χ2n) is 4.69. The summed E-state index contributed by atoms with van der Waals surface area (Å²) >= 11 is 1.56. The minimum Gasteiger partial charge on any atom is -0.355 e. The van der Waals surface area contributed by atoms with Crippen molar-refractivity contribution >= 4 is 17.1 Å². The van der Waals surface area contributed by atoms with Gasteiger partial charge in [0.05, 0.1) is 4.88 Å². The van der Waals surface area contributed by atoms with E-state index in [1.54, 1.807) is 23.6 Å². The largest absolute Gasteiger partial charge is 0.355 e. The molecule has 0 aliphatic heterocycles. The monoisotopic (exact) mass is 298 g/mol. The summed E-state index contributed by atoms with van der Waals surface area (Å²) in [6, 6.07) is 9.53. The number of rotatable bonds is 6. The first kappa shape index (κ1) is 13.7. The predicted octanol–water partition coefficient (Wildman–Crippen LogP) is 4.00. The minimum atomic E-state index is 0.0189. The molecule has 3 rings (SSSR count). The van der Waals surface area contributed by atoms with Crippen LogP contribution in [0, 0.1) is 0 Å². The highest BCUT2D eigenvalue weighted by Gasteiger charge is 2.13. The van der Waals surface area contributed by atoms with Crippen LogP contribution >= 0.6 is 11.3 Å². The molecule has 0 saturated heterocycles. The second kappa shape index (κ2) is 6.45. The van der Waals surface area contributed by atoms with Crippen LogP contribution < -0.4 is 0 Å². The highest BCUT2D eigenvalue weighted by Crippen LogP contribution is 2.25. The zero-order chi connectivity index (χ0) is 14.5. The van der Waals surface area contributed by atoms with Crippen LogP contribution in [-0.2, 0) is 6.42 Å². The molecule has 0 aliphatic carbocycles. The van der Waals surface area contributed by atoms with Crippen LogP contribution in [-0.4, -0.2) is 15.9 Å². The topological polar surface area (TPSA) is 56.0 Å². The fourth-order valence-corrected chi connectivity index (χ4v) is 2.74. The summed E-state index contributed by atoms with van der Waals surface area (Å²) in [7, 11) is 0. The SMILES string of the molecule is O=C(CCCc1cccnc1)c1cc(-c2cccs2)on1. The molecule has 0 saturated carbocycles. The summed E-state index contributed by atoms with van der Waals surface area (Å²) in [4.78, 5) is 17.1. The number of carbonyl (C=O) groups excluding carboxylic acids is 1. The Bertz CT molecular complexity index is 705. The summed E-state index contributed by atoms with van der Waals surface area (Å²) in [5.41, 5.74) is 1.55. The molecule has 21 heavy (non-hydrogen) atoms. The van der Waals surface area contributed by atoms with Gasteiger partial charge in [-0.05, 0) is 35.9 Å². The van der Waals surface area contributed by atoms with E-state index in [1.807, 2.05) is 35.8 Å². The molecule has 0 fully saturated rings. The van der Waals surface area contributed by atoms with Gasteiger partial charge in [-0.1, -0.05) is 17.3 Å². The molecule has 0 spiro atoms. The Morgan fingerprint density at radius 1 is 1.29 bits per heavy atom. The number of nitrogens with zero attached hydrogens (tertiary/aromatic N) is 2. The van der Waals surface area contributed by atoms with Crippen LogP contribution in [0.2, 0.25) is 0 Å². The molecule has 0 N–H and O–H groups in total. The van der Waals surface area contributed by atoms with Crippen molar-refractivity contribution in [3.05, 3.63) is 59.4 Å². The van der Waals surface area contributed by atoms with E-state index in [2.05, 4.69) is 10.1 Å². The third kappa shape index (κ3) is 3.44. The highest BCUT2D eigenvalue weighted by molar-refractivity contribution is 7.13. The first-order valence-electron chi connectivity index (χ1n) is 6.75. The van der Waals surface area contributed by atoms with Gasteiger partial charge in [0, 0.05) is 24.9 Å². The number of hydrogen-bond acceptors (Lipinski definition) is 5. The molecule has 0 aliphatic rings. The van der Waals surface area contributed by atoms with Gasteiger partial charge in [0.2, 0.25) is 0 Å². The van der Waals surface area contributed by atoms with Crippen molar-refractivity contribution < 1.29 is 9.32 Å². The summed E-state index contributed by atoms with van der Waals surface area (Å²) in [5.74, 6) is 0.672. The molecule has 0 atom stereocenters. The Labute approximate surface area is 126 Å². The van der Waals surface area contributed by atoms with Gasteiger partial charge in [0.15, 0.2) is 11.5 Å². The van der Waals surface area contributed by atoms with Crippen molar-refractivity contribution in [2.45, 2.75) is 19.3 Å². The zero-order valence-electron chi connectivity index (χ0n) is 11.4. The van der Waals surface area contributed by atoms with Crippen LogP contribution in [0.25, 0.3) is 10.6 Å². The zero-order valence-corrected chi connectivity index (χ0v) is 12.2. The van der Waals surface area contributed by atoms with Crippen LogP contribution in [0.5, 0.6) is 0 Å². The highest BCUT2D eigenvalue weighted by atomic mass is 32.1. The van der Waals surface area contributed by atoms with E-state index >= 15 is 0 Å². The number of pyridine rings is 1. The standard InChI is InChI=1S/C16H14N2O2S/c19-14(6-1-4-12-5-2-8-17-11-12)13-10-15(20-18-13)16-7-3-9-21-16/h2-3,5,7-11H,1,4,6H2. The molecule has 3 aromatic rings. The number of ketones is 1. The maximum Gasteiger partial charge on any atom is 0.184 e. The average Bonchev–Trinajstić information content (AvgIpc) is 3.19. The van der Waals surface area contributed by atoms with Gasteiger partial charge in [-0.2, -0.15) is 0 Å². The van der Waals surface area contributed by atoms with E-state index < -0.39 is 0 Å². The lowest BCUT2D eigenvalue weighted by Gasteiger charge is -1.98. The number of hydrogen-bond donors (Lipinski definition) is 0. The van der Waals surface area contributed by atoms with Crippen molar-refractivity contribution in [1.29, 1.82) is 0 Å². The van der Waals surface area contributed by atoms with Gasteiger partial charge in [-0.3, -0.25) is 9.78 Å². The van der Waals surface area contributed by atoms with Crippen molar-refractivity contribution in [2.24, 2.45) is 0 Å². The molecule has 0 unspecified atom stereocenters. The number of thiophene rings is 1. The van der Waals surface area contributed by atoms with Crippen molar-refractivity contribution in [3.8, 4) is 10.6 Å². The van der Waals surface area contributed by atoms with Crippen LogP contribution in [0.1, 0.15) is 28.9 Å². The molecule has 3 heterocycles. The molecule has 0 amide bonds. The summed E-state index contributed by atoms with van der Waals surface area (Å²) in [6.45, 7) is 0. The van der Waals surface area contributed by atoms with Crippen molar-refractivity contribution in [3.63, 3.8) is 0 Å². The van der Waals surface area contributed by atoms with Crippen molar-refractivity contribution in [2.75, 3.05) is 0 Å². The third-order valence-corrected chi connectivity index (χ3v) is 4.04. The molecule has 0 bridgehead atoms. The van der Waals surface area contributed by atoms with Crippen molar-refractivity contribution in [1.82, 2.24) is 10.1 Å². The molecular weight excluding hydrogens is 284 g/mol. The lowest BCUT2D eigenvalue weighted by Crippen LogP contribution is -2.00. The van der Waals surface area contributed by atoms with Gasteiger partial charge in [-0.25, -0.2) is 0 Å². The molecular formula is C16H14N2O2S. The first-order chi connectivity index (χ1) is 10.3. The Balaban J connectivity index is 1.56. The fraction of sp³-hybridized carbons (Fsp3) is 0.188. The quantitative estimate of drug-likeness (QED) is 0.645. The smallest absolute Gasteiger partial charge is 0.184 e. The fourth-order valence-electron chi connectivity index (χ4n) is 2.07. The number of aryl methyl sites for hydroxylation is 1. The maximum absolute atomic E-state index is 12.1. The molecule has 106 valence electrons. The van der Waals surface area contributed by atoms with Crippen LogP contribution in [0.4, 0.5) is 0 Å². The second-order valence-corrected chi connectivity index (χ2v) is 5.64. The van der Waals surface area contributed by atoms with E-state index in [0.29, 0.717) is 17.9 Å². The lowest BCUT2D eigenvalue weighted by molar-refractivity contribution is 0.0971. The maximum atomic E-state index is 12.1. The average molecular weight is 298 g/mol. The van der Waals surface area contributed by atoms with E-state index in [1.165, 1.54) is 0 Å². The normalized spacial score (nSPS) is 10.7. The first-order valence-corrected chi connectivity index (χ1v) is 7.63.